The Labute approximate surface area is 175 Å². The maximum absolute atomic E-state index is 12.9. The minimum atomic E-state index is -0.377. The predicted molar refractivity (Wildman–Crippen MR) is 110 cm³/mol. The van der Waals surface area contributed by atoms with E-state index in [0.29, 0.717) is 36.9 Å². The molecule has 0 bridgehead atoms. The summed E-state index contributed by atoms with van der Waals surface area (Å²) in [5.74, 6) is 0.510. The third-order valence-electron chi connectivity index (χ3n) is 5.97. The Balaban J connectivity index is 1.40. The molecule has 0 spiro atoms. The number of halogens is 1. The SMILES string of the molecule is O=C(NCc1cc(Cl)ccc1-n1cncn1)C1CCCN1C(=O)CC1CCCC1. The quantitative estimate of drug-likeness (QED) is 0.786. The average Bonchev–Trinajstić information content (AvgIpc) is 3.48. The molecule has 1 aromatic heterocycles. The Hall–Kier alpha value is -2.41. The van der Waals surface area contributed by atoms with E-state index in [2.05, 4.69) is 15.4 Å². The molecule has 0 radical (unpaired) electrons. The second-order valence-corrected chi connectivity index (χ2v) is 8.37. The monoisotopic (exact) mass is 415 g/mol. The Bertz CT molecular complexity index is 864. The lowest BCUT2D eigenvalue weighted by atomic mass is 10.0. The highest BCUT2D eigenvalue weighted by atomic mass is 35.5. The summed E-state index contributed by atoms with van der Waals surface area (Å²) in [5.41, 5.74) is 1.66. The Morgan fingerprint density at radius 1 is 1.17 bits per heavy atom. The molecular formula is C21H26ClN5O2. The number of nitrogens with one attached hydrogen (secondary N) is 1. The van der Waals surface area contributed by atoms with Crippen LogP contribution in [0, 0.1) is 5.92 Å². The number of likely N-dealkylation sites (tertiary alicyclic amines) is 1. The highest BCUT2D eigenvalue weighted by Gasteiger charge is 2.35. The molecule has 1 aliphatic heterocycles. The van der Waals surface area contributed by atoms with Crippen molar-refractivity contribution in [2.45, 2.75) is 57.5 Å². The number of rotatable bonds is 6. The molecule has 8 heteroatoms. The second kappa shape index (κ2) is 8.95. The molecule has 2 aliphatic rings. The van der Waals surface area contributed by atoms with Gasteiger partial charge in [0.15, 0.2) is 0 Å². The van der Waals surface area contributed by atoms with Gasteiger partial charge in [0.05, 0.1) is 5.69 Å². The fourth-order valence-corrected chi connectivity index (χ4v) is 4.66. The maximum atomic E-state index is 12.9. The summed E-state index contributed by atoms with van der Waals surface area (Å²) in [5, 5.41) is 7.75. The molecule has 4 rings (SSSR count). The number of carbonyl (C=O) groups excluding carboxylic acids is 2. The summed E-state index contributed by atoms with van der Waals surface area (Å²) >= 11 is 6.16. The summed E-state index contributed by atoms with van der Waals surface area (Å²) in [6.07, 6.45) is 9.94. The maximum Gasteiger partial charge on any atom is 0.243 e. The lowest BCUT2D eigenvalue weighted by Crippen LogP contribution is -2.46. The van der Waals surface area contributed by atoms with Gasteiger partial charge < -0.3 is 10.2 Å². The number of aromatic nitrogens is 3. The first-order valence-corrected chi connectivity index (χ1v) is 10.7. The molecule has 7 nitrogen and oxygen atoms in total. The van der Waals surface area contributed by atoms with E-state index in [1.807, 2.05) is 12.1 Å². The van der Waals surface area contributed by atoms with Crippen molar-refractivity contribution in [1.29, 1.82) is 0 Å². The lowest BCUT2D eigenvalue weighted by Gasteiger charge is -2.25. The molecule has 2 aromatic rings. The highest BCUT2D eigenvalue weighted by molar-refractivity contribution is 6.30. The Morgan fingerprint density at radius 3 is 2.76 bits per heavy atom. The van der Waals surface area contributed by atoms with Gasteiger partial charge in [-0.05, 0) is 55.4 Å². The minimum absolute atomic E-state index is 0.105. The van der Waals surface area contributed by atoms with Crippen LogP contribution in [0.4, 0.5) is 0 Å². The molecule has 2 fully saturated rings. The average molecular weight is 416 g/mol. The summed E-state index contributed by atoms with van der Waals surface area (Å²) < 4.78 is 1.64. The topological polar surface area (TPSA) is 80.1 Å². The lowest BCUT2D eigenvalue weighted by molar-refractivity contribution is -0.139. The van der Waals surface area contributed by atoms with E-state index in [1.54, 1.807) is 22.0 Å². The number of benzene rings is 1. The van der Waals surface area contributed by atoms with Crippen LogP contribution in [0.1, 0.15) is 50.5 Å². The minimum Gasteiger partial charge on any atom is -0.350 e. The van der Waals surface area contributed by atoms with E-state index in [-0.39, 0.29) is 17.9 Å². The van der Waals surface area contributed by atoms with Crippen LogP contribution in [0.25, 0.3) is 5.69 Å². The van der Waals surface area contributed by atoms with E-state index in [4.69, 9.17) is 11.6 Å². The molecule has 1 aliphatic carbocycles. The van der Waals surface area contributed by atoms with Gasteiger partial charge in [-0.15, -0.1) is 0 Å². The van der Waals surface area contributed by atoms with Gasteiger partial charge in [0.2, 0.25) is 11.8 Å². The molecular weight excluding hydrogens is 390 g/mol. The zero-order chi connectivity index (χ0) is 20.2. The molecule has 2 amide bonds. The van der Waals surface area contributed by atoms with Crippen LogP contribution in [-0.2, 0) is 16.1 Å². The van der Waals surface area contributed by atoms with Gasteiger partial charge in [-0.2, -0.15) is 5.10 Å². The molecule has 1 N–H and O–H groups in total. The van der Waals surface area contributed by atoms with Gasteiger partial charge in [-0.1, -0.05) is 24.4 Å². The Kier molecular flexibility index (Phi) is 6.13. The smallest absolute Gasteiger partial charge is 0.243 e. The van der Waals surface area contributed by atoms with Gasteiger partial charge in [0, 0.05) is 24.5 Å². The molecule has 2 heterocycles. The molecule has 1 aromatic carbocycles. The standard InChI is InChI=1S/C21H26ClN5O2/c22-17-7-8-18(27-14-23-13-25-27)16(11-17)12-24-21(29)19-6-3-9-26(19)20(28)10-15-4-1-2-5-15/h7-8,11,13-15,19H,1-6,9-10,12H2,(H,24,29). The Morgan fingerprint density at radius 2 is 2.00 bits per heavy atom. The number of hydrogen-bond donors (Lipinski definition) is 1. The first kappa shape index (κ1) is 19.9. The van der Waals surface area contributed by atoms with Gasteiger partial charge >= 0.3 is 0 Å². The third-order valence-corrected chi connectivity index (χ3v) is 6.21. The second-order valence-electron chi connectivity index (χ2n) is 7.93. The summed E-state index contributed by atoms with van der Waals surface area (Å²) in [6.45, 7) is 0.987. The first-order chi connectivity index (χ1) is 14.1. The van der Waals surface area contributed by atoms with Crippen molar-refractivity contribution < 1.29 is 9.59 Å². The largest absolute Gasteiger partial charge is 0.350 e. The van der Waals surface area contributed by atoms with E-state index >= 15 is 0 Å². The number of hydrogen-bond acceptors (Lipinski definition) is 4. The van der Waals surface area contributed by atoms with E-state index < -0.39 is 0 Å². The van der Waals surface area contributed by atoms with Crippen LogP contribution < -0.4 is 5.32 Å². The van der Waals surface area contributed by atoms with Crippen LogP contribution in [0.15, 0.2) is 30.9 Å². The third kappa shape index (κ3) is 4.61. The van der Waals surface area contributed by atoms with Crippen molar-refractivity contribution in [3.63, 3.8) is 0 Å². The fraction of sp³-hybridized carbons (Fsp3) is 0.524. The van der Waals surface area contributed by atoms with Crippen LogP contribution in [0.2, 0.25) is 5.02 Å². The number of carbonyl (C=O) groups is 2. The van der Waals surface area contributed by atoms with Crippen LogP contribution in [0.3, 0.4) is 0 Å². The molecule has 1 saturated carbocycles. The van der Waals surface area contributed by atoms with Crippen LogP contribution in [-0.4, -0.2) is 44.1 Å². The van der Waals surface area contributed by atoms with Gasteiger partial charge in [0.1, 0.15) is 18.7 Å². The van der Waals surface area contributed by atoms with Crippen LogP contribution in [0.5, 0.6) is 0 Å². The van der Waals surface area contributed by atoms with Crippen molar-refractivity contribution in [3.8, 4) is 5.69 Å². The van der Waals surface area contributed by atoms with E-state index in [0.717, 1.165) is 30.5 Å². The highest BCUT2D eigenvalue weighted by Crippen LogP contribution is 2.29. The van der Waals surface area contributed by atoms with Crippen molar-refractivity contribution in [2.24, 2.45) is 5.92 Å². The number of nitrogens with zero attached hydrogens (tertiary/aromatic N) is 4. The summed E-state index contributed by atoms with van der Waals surface area (Å²) in [6, 6.07) is 5.07. The zero-order valence-electron chi connectivity index (χ0n) is 16.4. The van der Waals surface area contributed by atoms with E-state index in [1.165, 1.54) is 19.2 Å². The first-order valence-electron chi connectivity index (χ1n) is 10.3. The fourth-order valence-electron chi connectivity index (χ4n) is 4.47. The van der Waals surface area contributed by atoms with Crippen LogP contribution >= 0.6 is 11.6 Å². The predicted octanol–water partition coefficient (Wildman–Crippen LogP) is 3.11. The zero-order valence-corrected chi connectivity index (χ0v) is 17.1. The molecule has 29 heavy (non-hydrogen) atoms. The van der Waals surface area contributed by atoms with E-state index in [9.17, 15) is 9.59 Å². The molecule has 1 unspecified atom stereocenters. The summed E-state index contributed by atoms with van der Waals surface area (Å²) in [4.78, 5) is 31.4. The van der Waals surface area contributed by atoms with Gasteiger partial charge in [-0.25, -0.2) is 9.67 Å². The van der Waals surface area contributed by atoms with Gasteiger partial charge in [-0.3, -0.25) is 9.59 Å². The van der Waals surface area contributed by atoms with Crippen molar-refractivity contribution in [1.82, 2.24) is 25.0 Å². The normalized spacial score (nSPS) is 19.6. The molecule has 1 atom stereocenters. The summed E-state index contributed by atoms with van der Waals surface area (Å²) in [7, 11) is 0. The van der Waals surface area contributed by atoms with Gasteiger partial charge in [0.25, 0.3) is 0 Å². The molecule has 154 valence electrons. The number of amides is 2. The molecule has 1 saturated heterocycles. The van der Waals surface area contributed by atoms with Crippen molar-refractivity contribution in [2.75, 3.05) is 6.54 Å². The van der Waals surface area contributed by atoms with Crippen molar-refractivity contribution in [3.05, 3.63) is 41.4 Å². The van der Waals surface area contributed by atoms with Crippen molar-refractivity contribution >= 4 is 23.4 Å².